The van der Waals surface area contributed by atoms with Crippen molar-refractivity contribution in [3.05, 3.63) is 29.3 Å². The zero-order valence-corrected chi connectivity index (χ0v) is 11.7. The summed E-state index contributed by atoms with van der Waals surface area (Å²) in [6.45, 7) is 6.69. The minimum Gasteiger partial charge on any atom is -0.376 e. The molecule has 1 amide bonds. The van der Waals surface area contributed by atoms with Crippen LogP contribution in [0.1, 0.15) is 29.8 Å². The van der Waals surface area contributed by atoms with Crippen LogP contribution >= 0.6 is 12.2 Å². The van der Waals surface area contributed by atoms with Gasteiger partial charge < -0.3 is 16.4 Å². The summed E-state index contributed by atoms with van der Waals surface area (Å²) >= 11 is 4.78. The fourth-order valence-electron chi connectivity index (χ4n) is 1.48. The Balaban J connectivity index is 2.77. The molecule has 1 rings (SSSR count). The molecular formula is C13H19N3OS. The molecule has 1 aromatic carbocycles. The number of carbonyl (C=O) groups is 1. The van der Waals surface area contributed by atoms with E-state index in [1.165, 1.54) is 0 Å². The Bertz CT molecular complexity index is 458. The van der Waals surface area contributed by atoms with E-state index in [0.717, 1.165) is 11.3 Å². The van der Waals surface area contributed by atoms with Gasteiger partial charge in [0.05, 0.1) is 0 Å². The molecule has 0 heterocycles. The molecule has 0 unspecified atom stereocenters. The predicted octanol–water partition coefficient (Wildman–Crippen LogP) is 2.04. The van der Waals surface area contributed by atoms with Crippen LogP contribution in [0.5, 0.6) is 0 Å². The molecule has 0 spiro atoms. The van der Waals surface area contributed by atoms with Crippen LogP contribution in [-0.2, 0) is 0 Å². The minimum atomic E-state index is -0.0614. The molecule has 98 valence electrons. The first kappa shape index (κ1) is 14.4. The molecule has 0 saturated heterocycles. The van der Waals surface area contributed by atoms with Crippen molar-refractivity contribution in [3.63, 3.8) is 0 Å². The maximum atomic E-state index is 11.9. The van der Waals surface area contributed by atoms with Gasteiger partial charge >= 0.3 is 0 Å². The van der Waals surface area contributed by atoms with Crippen LogP contribution in [0.15, 0.2) is 18.2 Å². The zero-order chi connectivity index (χ0) is 13.7. The van der Waals surface area contributed by atoms with Gasteiger partial charge in [0.25, 0.3) is 5.91 Å². The molecule has 4 N–H and O–H groups in total. The van der Waals surface area contributed by atoms with E-state index in [4.69, 9.17) is 18.0 Å². The fraction of sp³-hybridized carbons (Fsp3) is 0.385. The highest BCUT2D eigenvalue weighted by Crippen LogP contribution is 2.16. The third-order valence-corrected chi connectivity index (χ3v) is 2.52. The van der Waals surface area contributed by atoms with Crippen molar-refractivity contribution in [2.75, 3.05) is 11.9 Å². The first-order valence-electron chi connectivity index (χ1n) is 5.85. The maximum absolute atomic E-state index is 11.9. The van der Waals surface area contributed by atoms with Crippen LogP contribution in [0.25, 0.3) is 0 Å². The van der Waals surface area contributed by atoms with Crippen LogP contribution in [-0.4, -0.2) is 17.6 Å². The van der Waals surface area contributed by atoms with Gasteiger partial charge in [-0.1, -0.05) is 13.8 Å². The van der Waals surface area contributed by atoms with E-state index in [-0.39, 0.29) is 11.0 Å². The van der Waals surface area contributed by atoms with Gasteiger partial charge in [-0.2, -0.15) is 0 Å². The lowest BCUT2D eigenvalue weighted by molar-refractivity contribution is 0.0949. The number of anilines is 1. The molecule has 0 aliphatic rings. The number of aryl methyl sites for hydroxylation is 1. The Kier molecular flexibility index (Phi) is 5.09. The number of rotatable bonds is 4. The zero-order valence-electron chi connectivity index (χ0n) is 10.9. The fourth-order valence-corrected chi connectivity index (χ4v) is 1.59. The van der Waals surface area contributed by atoms with Gasteiger partial charge in [0, 0.05) is 17.8 Å². The second-order valence-electron chi connectivity index (χ2n) is 4.62. The van der Waals surface area contributed by atoms with Crippen molar-refractivity contribution >= 4 is 28.9 Å². The van der Waals surface area contributed by atoms with E-state index in [9.17, 15) is 4.79 Å². The summed E-state index contributed by atoms with van der Waals surface area (Å²) < 4.78 is 0. The van der Waals surface area contributed by atoms with Crippen molar-refractivity contribution in [1.29, 1.82) is 0 Å². The lowest BCUT2D eigenvalue weighted by Crippen LogP contribution is -2.27. The molecule has 4 nitrogen and oxygen atoms in total. The monoisotopic (exact) mass is 265 g/mol. The number of carbonyl (C=O) groups excluding carboxylic acids is 1. The summed E-state index contributed by atoms with van der Waals surface area (Å²) in [5.74, 6) is 0.374. The molecule has 0 aliphatic heterocycles. The topological polar surface area (TPSA) is 67.2 Å². The Morgan fingerprint density at radius 1 is 1.44 bits per heavy atom. The van der Waals surface area contributed by atoms with Crippen LogP contribution in [0.4, 0.5) is 5.69 Å². The highest BCUT2D eigenvalue weighted by atomic mass is 32.1. The first-order chi connectivity index (χ1) is 8.40. The summed E-state index contributed by atoms with van der Waals surface area (Å²) in [6.07, 6.45) is 0. The molecular weight excluding hydrogens is 246 g/mol. The van der Waals surface area contributed by atoms with Gasteiger partial charge in [-0.3, -0.25) is 4.79 Å². The molecule has 0 fully saturated rings. The van der Waals surface area contributed by atoms with Crippen molar-refractivity contribution < 1.29 is 4.79 Å². The smallest absolute Gasteiger partial charge is 0.251 e. The van der Waals surface area contributed by atoms with Gasteiger partial charge in [-0.25, -0.2) is 0 Å². The summed E-state index contributed by atoms with van der Waals surface area (Å²) in [4.78, 5) is 11.9. The average Bonchev–Trinajstić information content (AvgIpc) is 2.28. The van der Waals surface area contributed by atoms with E-state index >= 15 is 0 Å². The second-order valence-corrected chi connectivity index (χ2v) is 5.06. The van der Waals surface area contributed by atoms with Gasteiger partial charge in [0.15, 0.2) is 5.11 Å². The van der Waals surface area contributed by atoms with Gasteiger partial charge in [-0.05, 0) is 48.8 Å². The Labute approximate surface area is 113 Å². The summed E-state index contributed by atoms with van der Waals surface area (Å²) in [5.41, 5.74) is 7.81. The van der Waals surface area contributed by atoms with Gasteiger partial charge in [0.2, 0.25) is 0 Å². The normalized spacial score (nSPS) is 10.2. The van der Waals surface area contributed by atoms with Crippen molar-refractivity contribution in [3.8, 4) is 0 Å². The number of nitrogens with two attached hydrogens (primary N) is 1. The highest BCUT2D eigenvalue weighted by molar-refractivity contribution is 7.80. The molecule has 0 aromatic heterocycles. The Hall–Kier alpha value is -1.62. The quantitative estimate of drug-likeness (QED) is 0.729. The molecule has 0 radical (unpaired) electrons. The predicted molar refractivity (Wildman–Crippen MR) is 78.8 cm³/mol. The van der Waals surface area contributed by atoms with E-state index in [1.807, 2.05) is 13.0 Å². The van der Waals surface area contributed by atoms with Crippen LogP contribution in [0, 0.1) is 12.8 Å². The Morgan fingerprint density at radius 3 is 2.61 bits per heavy atom. The maximum Gasteiger partial charge on any atom is 0.251 e. The molecule has 0 aliphatic carbocycles. The van der Waals surface area contributed by atoms with E-state index in [2.05, 4.69) is 24.5 Å². The van der Waals surface area contributed by atoms with Crippen LogP contribution in [0.3, 0.4) is 0 Å². The largest absolute Gasteiger partial charge is 0.376 e. The van der Waals surface area contributed by atoms with Crippen molar-refractivity contribution in [1.82, 2.24) is 5.32 Å². The third kappa shape index (κ3) is 4.33. The number of hydrogen-bond acceptors (Lipinski definition) is 2. The number of nitrogens with one attached hydrogen (secondary N) is 2. The molecule has 5 heteroatoms. The van der Waals surface area contributed by atoms with Crippen molar-refractivity contribution in [2.45, 2.75) is 20.8 Å². The molecule has 18 heavy (non-hydrogen) atoms. The summed E-state index contributed by atoms with van der Waals surface area (Å²) in [6, 6.07) is 5.37. The van der Waals surface area contributed by atoms with E-state index in [0.29, 0.717) is 18.0 Å². The van der Waals surface area contributed by atoms with E-state index in [1.54, 1.807) is 12.1 Å². The Morgan fingerprint density at radius 2 is 2.11 bits per heavy atom. The third-order valence-electron chi connectivity index (χ3n) is 2.42. The first-order valence-corrected chi connectivity index (χ1v) is 6.26. The molecule has 0 atom stereocenters. The summed E-state index contributed by atoms with van der Waals surface area (Å²) in [7, 11) is 0. The lowest BCUT2D eigenvalue weighted by Gasteiger charge is -2.11. The van der Waals surface area contributed by atoms with Crippen molar-refractivity contribution in [2.24, 2.45) is 11.7 Å². The van der Waals surface area contributed by atoms with Gasteiger partial charge in [0.1, 0.15) is 0 Å². The number of amides is 1. The van der Waals surface area contributed by atoms with Crippen LogP contribution < -0.4 is 16.4 Å². The van der Waals surface area contributed by atoms with Gasteiger partial charge in [-0.15, -0.1) is 0 Å². The standard InChI is InChI=1S/C13H19N3OS/c1-8(2)7-15-12(17)10-4-5-11(9(3)6-10)16-13(14)18/h4-6,8H,7H2,1-3H3,(H,15,17)(H3,14,16,18). The molecule has 1 aromatic rings. The average molecular weight is 265 g/mol. The van der Waals surface area contributed by atoms with Crippen LogP contribution in [0.2, 0.25) is 0 Å². The summed E-state index contributed by atoms with van der Waals surface area (Å²) in [5, 5.41) is 5.96. The number of benzene rings is 1. The number of hydrogen-bond donors (Lipinski definition) is 3. The number of thiocarbonyl (C=S) groups is 1. The molecule has 0 saturated carbocycles. The molecule has 0 bridgehead atoms. The second kappa shape index (κ2) is 6.35. The SMILES string of the molecule is Cc1cc(C(=O)NCC(C)C)ccc1NC(N)=S. The lowest BCUT2D eigenvalue weighted by atomic mass is 10.1. The highest BCUT2D eigenvalue weighted by Gasteiger charge is 2.08. The van der Waals surface area contributed by atoms with E-state index < -0.39 is 0 Å². The minimum absolute atomic E-state index is 0.0614.